The molecule has 0 radical (unpaired) electrons. The van der Waals surface area contributed by atoms with Gasteiger partial charge in [-0.25, -0.2) is 10.3 Å². The number of hydrazone groups is 1. The Bertz CT molecular complexity index is 505. The van der Waals surface area contributed by atoms with Crippen LogP contribution >= 0.6 is 0 Å². The zero-order valence-electron chi connectivity index (χ0n) is 17.3. The topological polar surface area (TPSA) is 106 Å². The first-order chi connectivity index (χ1) is 11.9. The molecule has 1 atom stereocenters. The van der Waals surface area contributed by atoms with E-state index in [1.54, 1.807) is 6.92 Å². The lowest BCUT2D eigenvalue weighted by Gasteiger charge is -2.32. The summed E-state index contributed by atoms with van der Waals surface area (Å²) in [5, 5.41) is 14.7. The summed E-state index contributed by atoms with van der Waals surface area (Å²) in [4.78, 5) is 31.6. The second-order valence-corrected chi connectivity index (χ2v) is 7.46. The molecule has 0 aromatic carbocycles. The maximum absolute atomic E-state index is 12.2. The van der Waals surface area contributed by atoms with Crippen molar-refractivity contribution in [1.82, 2.24) is 20.5 Å². The largest absolute Gasteiger partial charge is 0.353 e. The number of amides is 2. The number of nitrogens with zero attached hydrogens (tertiary/aromatic N) is 3. The Labute approximate surface area is 156 Å². The number of hydrogen-bond donors (Lipinski definition) is 3. The van der Waals surface area contributed by atoms with Crippen LogP contribution in [0.1, 0.15) is 34.1 Å². The van der Waals surface area contributed by atoms with Crippen molar-refractivity contribution in [2.24, 2.45) is 10.5 Å². The zero-order chi connectivity index (χ0) is 20.5. The van der Waals surface area contributed by atoms with Gasteiger partial charge in [0.1, 0.15) is 5.41 Å². The smallest absolute Gasteiger partial charge is 0.253 e. The minimum Gasteiger partial charge on any atom is -0.353 e. The van der Waals surface area contributed by atoms with Gasteiger partial charge in [-0.2, -0.15) is 5.10 Å². The van der Waals surface area contributed by atoms with E-state index < -0.39 is 11.0 Å². The second-order valence-electron chi connectivity index (χ2n) is 7.46. The normalized spacial score (nSPS) is 19.8. The van der Waals surface area contributed by atoms with E-state index in [2.05, 4.69) is 20.7 Å². The van der Waals surface area contributed by atoms with E-state index >= 15 is 0 Å². The third-order valence-corrected chi connectivity index (χ3v) is 4.67. The number of rotatable bonds is 8. The molecule has 0 saturated carbocycles. The fourth-order valence-corrected chi connectivity index (χ4v) is 2.05. The van der Waals surface area contributed by atoms with Crippen LogP contribution in [-0.2, 0) is 14.5 Å². The quantitative estimate of drug-likeness (QED) is 0.420. The Kier molecular flexibility index (Phi) is 9.93. The maximum Gasteiger partial charge on any atom is 0.253 e. The molecular weight excluding hydrogens is 338 g/mol. The molecule has 0 spiro atoms. The van der Waals surface area contributed by atoms with Crippen LogP contribution in [0.2, 0.25) is 0 Å². The molecule has 0 aliphatic carbocycles. The van der Waals surface area contributed by atoms with Gasteiger partial charge in [0.2, 0.25) is 5.91 Å². The van der Waals surface area contributed by atoms with Gasteiger partial charge in [0.15, 0.2) is 0 Å². The molecule has 152 valence electrons. The molecular formula is C17H35N5O4. The average molecular weight is 373 g/mol. The molecule has 1 aliphatic heterocycles. The highest BCUT2D eigenvalue weighted by molar-refractivity contribution is 6.12. The van der Waals surface area contributed by atoms with Crippen molar-refractivity contribution in [3.63, 3.8) is 0 Å². The van der Waals surface area contributed by atoms with Gasteiger partial charge < -0.3 is 10.2 Å². The monoisotopic (exact) mass is 373 g/mol. The van der Waals surface area contributed by atoms with Crippen molar-refractivity contribution in [3.8, 4) is 0 Å². The summed E-state index contributed by atoms with van der Waals surface area (Å²) in [5.41, 5.74) is 1.90. The van der Waals surface area contributed by atoms with Gasteiger partial charge in [-0.1, -0.05) is 6.92 Å². The van der Waals surface area contributed by atoms with Crippen molar-refractivity contribution in [1.29, 1.82) is 0 Å². The molecule has 1 aliphatic rings. The van der Waals surface area contributed by atoms with Crippen LogP contribution in [-0.4, -0.2) is 86.0 Å². The first-order valence-corrected chi connectivity index (χ1v) is 8.67. The molecule has 0 aromatic rings. The Hall–Kier alpha value is -1.55. The predicted octanol–water partition coefficient (Wildman–Crippen LogP) is 0.383. The van der Waals surface area contributed by atoms with E-state index in [0.29, 0.717) is 13.0 Å². The predicted molar refractivity (Wildman–Crippen MR) is 102 cm³/mol. The van der Waals surface area contributed by atoms with Gasteiger partial charge in [-0.05, 0) is 55.4 Å². The first-order valence-electron chi connectivity index (χ1n) is 8.67. The third kappa shape index (κ3) is 6.64. The number of carbonyl (C=O) groups excluding carboxylic acids is 2. The van der Waals surface area contributed by atoms with E-state index in [1.165, 1.54) is 0 Å². The summed E-state index contributed by atoms with van der Waals surface area (Å²) in [6, 6.07) is 0. The fourth-order valence-electron chi connectivity index (χ4n) is 2.05. The van der Waals surface area contributed by atoms with Gasteiger partial charge in [0, 0.05) is 13.1 Å². The van der Waals surface area contributed by atoms with E-state index in [0.717, 1.165) is 12.3 Å². The first kappa shape index (κ1) is 24.5. The summed E-state index contributed by atoms with van der Waals surface area (Å²) >= 11 is 0. The molecule has 26 heavy (non-hydrogen) atoms. The summed E-state index contributed by atoms with van der Waals surface area (Å²) < 4.78 is 0. The minimum absolute atomic E-state index is 0.103. The molecule has 1 unspecified atom stereocenters. The van der Waals surface area contributed by atoms with Crippen LogP contribution in [0.4, 0.5) is 0 Å². The average Bonchev–Trinajstić information content (AvgIpc) is 2.86. The molecule has 0 saturated heterocycles. The lowest BCUT2D eigenvalue weighted by molar-refractivity contribution is -0.243. The minimum atomic E-state index is -0.743. The fraction of sp³-hybridized carbons (Fsp3) is 0.824. The van der Waals surface area contributed by atoms with Crippen molar-refractivity contribution in [3.05, 3.63) is 0 Å². The van der Waals surface area contributed by atoms with E-state index in [9.17, 15) is 9.59 Å². The molecule has 0 aromatic heterocycles. The standard InChI is InChI=1S/C13H24N4O2.C4H11NO2/c1-7-9-13(4,11(19)16-15-9)8-14-10(18)12(2,3)17(5)6;1-5(2)3-4-7-6/h7-8H2,1-6H3,(H,14,18)(H,16,19);6H,3-4H2,1-2H3. The number of hydrogen-bond acceptors (Lipinski definition) is 7. The van der Waals surface area contributed by atoms with Crippen molar-refractivity contribution < 1.29 is 19.7 Å². The summed E-state index contributed by atoms with van der Waals surface area (Å²) in [6.45, 7) is 8.84. The van der Waals surface area contributed by atoms with Crippen molar-refractivity contribution in [2.75, 3.05) is 47.9 Å². The highest BCUT2D eigenvalue weighted by Gasteiger charge is 2.43. The Morgan fingerprint density at radius 3 is 2.31 bits per heavy atom. The van der Waals surface area contributed by atoms with Crippen molar-refractivity contribution >= 4 is 17.5 Å². The highest BCUT2D eigenvalue weighted by Crippen LogP contribution is 2.25. The van der Waals surface area contributed by atoms with Gasteiger partial charge in [-0.3, -0.25) is 19.7 Å². The molecule has 1 rings (SSSR count). The number of likely N-dealkylation sites (N-methyl/N-ethyl adjacent to an activating group) is 2. The molecule has 1 heterocycles. The molecule has 0 fully saturated rings. The SMILES string of the molecule is CCC1=NNC(=O)C1(C)CNC(=O)C(C)(C)N(C)C.CN(C)CCOO. The Balaban J connectivity index is 0.000000758. The maximum atomic E-state index is 12.2. The van der Waals surface area contributed by atoms with Gasteiger partial charge in [0.05, 0.1) is 17.9 Å². The van der Waals surface area contributed by atoms with Crippen LogP contribution in [0.15, 0.2) is 5.10 Å². The lowest BCUT2D eigenvalue weighted by Crippen LogP contribution is -2.55. The van der Waals surface area contributed by atoms with Crippen LogP contribution < -0.4 is 10.7 Å². The molecule has 9 nitrogen and oxygen atoms in total. The molecule has 2 amide bonds. The Morgan fingerprint density at radius 2 is 1.92 bits per heavy atom. The number of nitrogens with one attached hydrogen (secondary N) is 2. The zero-order valence-corrected chi connectivity index (χ0v) is 17.3. The van der Waals surface area contributed by atoms with Gasteiger partial charge in [0.25, 0.3) is 5.91 Å². The lowest BCUT2D eigenvalue weighted by atomic mass is 9.83. The molecule has 0 bridgehead atoms. The third-order valence-electron chi connectivity index (χ3n) is 4.67. The second kappa shape index (κ2) is 10.6. The van der Waals surface area contributed by atoms with Crippen molar-refractivity contribution in [2.45, 2.75) is 39.7 Å². The molecule has 9 heteroatoms. The van der Waals surface area contributed by atoms with Crippen LogP contribution in [0, 0.1) is 5.41 Å². The van der Waals surface area contributed by atoms with E-state index in [4.69, 9.17) is 5.26 Å². The van der Waals surface area contributed by atoms with Crippen LogP contribution in [0.25, 0.3) is 0 Å². The number of carbonyl (C=O) groups is 2. The van der Waals surface area contributed by atoms with Crippen LogP contribution in [0.3, 0.4) is 0 Å². The summed E-state index contributed by atoms with van der Waals surface area (Å²) in [6.07, 6.45) is 0.683. The summed E-state index contributed by atoms with van der Waals surface area (Å²) in [7, 11) is 7.53. The van der Waals surface area contributed by atoms with Gasteiger partial charge >= 0.3 is 0 Å². The molecule has 3 N–H and O–H groups in total. The highest BCUT2D eigenvalue weighted by atomic mass is 17.1. The van der Waals surface area contributed by atoms with E-state index in [-0.39, 0.29) is 18.4 Å². The summed E-state index contributed by atoms with van der Waals surface area (Å²) in [5.74, 6) is -0.263. The van der Waals surface area contributed by atoms with E-state index in [1.807, 2.05) is 58.8 Å². The van der Waals surface area contributed by atoms with Crippen LogP contribution in [0.5, 0.6) is 0 Å². The van der Waals surface area contributed by atoms with Gasteiger partial charge in [-0.15, -0.1) is 0 Å². The Morgan fingerprint density at radius 1 is 1.35 bits per heavy atom.